The lowest BCUT2D eigenvalue weighted by Crippen LogP contribution is -2.27. The van der Waals surface area contributed by atoms with Crippen molar-refractivity contribution >= 4 is 34.3 Å². The number of pyridine rings is 1. The monoisotopic (exact) mass is 469 g/mol. The average molecular weight is 470 g/mol. The molecule has 0 bridgehead atoms. The van der Waals surface area contributed by atoms with Crippen LogP contribution in [0.25, 0.3) is 27.8 Å². The van der Waals surface area contributed by atoms with Gasteiger partial charge in [0.1, 0.15) is 11.6 Å². The molecule has 0 fully saturated rings. The van der Waals surface area contributed by atoms with E-state index in [9.17, 15) is 4.79 Å². The van der Waals surface area contributed by atoms with Gasteiger partial charge in [0.15, 0.2) is 0 Å². The molecule has 0 radical (unpaired) electrons. The molecule has 3 N–H and O–H groups in total. The number of nitrogens with one attached hydrogen (secondary N) is 1. The minimum absolute atomic E-state index is 0.119. The van der Waals surface area contributed by atoms with E-state index >= 15 is 0 Å². The SMILES string of the molecule is CC(Nc1nc(N)ncc1-c1ccccn1)c1nc2cccc(Cl)c2c(=O)n1-c1ccccc1. The van der Waals surface area contributed by atoms with Crippen LogP contribution in [-0.2, 0) is 0 Å². The van der Waals surface area contributed by atoms with Gasteiger partial charge >= 0.3 is 0 Å². The van der Waals surface area contributed by atoms with Crippen molar-refractivity contribution in [3.8, 4) is 16.9 Å². The second-order valence-electron chi connectivity index (χ2n) is 7.65. The predicted molar refractivity (Wildman–Crippen MR) is 134 cm³/mol. The van der Waals surface area contributed by atoms with Crippen LogP contribution >= 0.6 is 11.6 Å². The summed E-state index contributed by atoms with van der Waals surface area (Å²) in [7, 11) is 0. The molecule has 34 heavy (non-hydrogen) atoms. The first-order chi connectivity index (χ1) is 16.5. The Balaban J connectivity index is 1.68. The number of anilines is 2. The molecule has 2 aromatic carbocycles. The Bertz CT molecular complexity index is 1540. The molecule has 5 aromatic rings. The third-order valence-corrected chi connectivity index (χ3v) is 5.69. The lowest BCUT2D eigenvalue weighted by atomic mass is 10.1. The summed E-state index contributed by atoms with van der Waals surface area (Å²) in [5.74, 6) is 1.10. The summed E-state index contributed by atoms with van der Waals surface area (Å²) in [6.07, 6.45) is 3.32. The number of nitrogen functional groups attached to an aromatic ring is 1. The highest BCUT2D eigenvalue weighted by molar-refractivity contribution is 6.35. The molecule has 1 unspecified atom stereocenters. The van der Waals surface area contributed by atoms with Gasteiger partial charge in [-0.15, -0.1) is 0 Å². The first-order valence-corrected chi connectivity index (χ1v) is 11.0. The van der Waals surface area contributed by atoms with E-state index in [2.05, 4.69) is 20.3 Å². The van der Waals surface area contributed by atoms with Gasteiger partial charge < -0.3 is 11.1 Å². The average Bonchev–Trinajstić information content (AvgIpc) is 2.85. The summed E-state index contributed by atoms with van der Waals surface area (Å²) in [4.78, 5) is 31.4. The van der Waals surface area contributed by atoms with Gasteiger partial charge in [0.05, 0.1) is 38.9 Å². The third-order valence-electron chi connectivity index (χ3n) is 5.38. The van der Waals surface area contributed by atoms with Gasteiger partial charge in [-0.05, 0) is 43.3 Å². The molecular formula is C25H20ClN7O. The minimum Gasteiger partial charge on any atom is -0.368 e. The molecule has 3 heterocycles. The van der Waals surface area contributed by atoms with Gasteiger partial charge in [0.2, 0.25) is 5.95 Å². The Labute approximate surface area is 200 Å². The fraction of sp³-hybridized carbons (Fsp3) is 0.0800. The number of para-hydroxylation sites is 1. The fourth-order valence-electron chi connectivity index (χ4n) is 3.81. The zero-order chi connectivity index (χ0) is 23.7. The number of nitrogens with zero attached hydrogens (tertiary/aromatic N) is 5. The van der Waals surface area contributed by atoms with Crippen molar-refractivity contribution in [3.05, 3.63) is 100 Å². The van der Waals surface area contributed by atoms with E-state index in [1.54, 1.807) is 35.2 Å². The number of aromatic nitrogens is 5. The van der Waals surface area contributed by atoms with E-state index in [4.69, 9.17) is 22.3 Å². The molecule has 0 spiro atoms. The Morgan fingerprint density at radius 1 is 0.971 bits per heavy atom. The van der Waals surface area contributed by atoms with E-state index in [-0.39, 0.29) is 11.5 Å². The maximum absolute atomic E-state index is 13.6. The van der Waals surface area contributed by atoms with E-state index in [1.165, 1.54) is 0 Å². The summed E-state index contributed by atoms with van der Waals surface area (Å²) in [6, 6.07) is 19.7. The number of rotatable bonds is 5. The van der Waals surface area contributed by atoms with Crippen molar-refractivity contribution in [2.45, 2.75) is 13.0 Å². The van der Waals surface area contributed by atoms with Crippen LogP contribution in [0, 0.1) is 0 Å². The Morgan fingerprint density at radius 2 is 1.76 bits per heavy atom. The summed E-state index contributed by atoms with van der Waals surface area (Å²) in [5.41, 5.74) is 8.20. The van der Waals surface area contributed by atoms with Crippen LogP contribution in [-0.4, -0.2) is 24.5 Å². The topological polar surface area (TPSA) is 112 Å². The standard InChI is InChI=1S/C25H20ClN7O/c1-15(30-22-17(14-29-25(27)32-22)19-11-5-6-13-28-19)23-31-20-12-7-10-18(26)21(20)24(34)33(23)16-8-3-2-4-9-16/h2-15H,1H3,(H3,27,29,30,32). The normalized spacial score (nSPS) is 11.9. The molecule has 9 heteroatoms. The second-order valence-corrected chi connectivity index (χ2v) is 8.06. The summed E-state index contributed by atoms with van der Waals surface area (Å²) < 4.78 is 1.57. The Hall–Kier alpha value is -4.30. The highest BCUT2D eigenvalue weighted by Crippen LogP contribution is 2.29. The maximum Gasteiger partial charge on any atom is 0.267 e. The molecule has 5 rings (SSSR count). The first-order valence-electron chi connectivity index (χ1n) is 10.6. The van der Waals surface area contributed by atoms with Crippen LogP contribution in [0.4, 0.5) is 11.8 Å². The van der Waals surface area contributed by atoms with Gasteiger partial charge in [-0.2, -0.15) is 4.98 Å². The van der Waals surface area contributed by atoms with Crippen LogP contribution < -0.4 is 16.6 Å². The summed E-state index contributed by atoms with van der Waals surface area (Å²) in [5, 5.41) is 4.08. The molecule has 3 aromatic heterocycles. The lowest BCUT2D eigenvalue weighted by Gasteiger charge is -2.21. The zero-order valence-electron chi connectivity index (χ0n) is 18.2. The number of nitrogens with two attached hydrogens (primary N) is 1. The zero-order valence-corrected chi connectivity index (χ0v) is 18.9. The quantitative estimate of drug-likeness (QED) is 0.385. The molecule has 0 aliphatic carbocycles. The molecule has 0 aliphatic rings. The summed E-state index contributed by atoms with van der Waals surface area (Å²) >= 11 is 6.38. The Morgan fingerprint density at radius 3 is 2.53 bits per heavy atom. The number of fused-ring (bicyclic) bond motifs is 1. The van der Waals surface area contributed by atoms with Crippen molar-refractivity contribution in [3.63, 3.8) is 0 Å². The van der Waals surface area contributed by atoms with Gasteiger partial charge in [0.25, 0.3) is 5.56 Å². The largest absolute Gasteiger partial charge is 0.368 e. The second kappa shape index (κ2) is 8.92. The van der Waals surface area contributed by atoms with Crippen LogP contribution in [0.15, 0.2) is 83.9 Å². The smallest absolute Gasteiger partial charge is 0.267 e. The van der Waals surface area contributed by atoms with Gasteiger partial charge in [-0.3, -0.25) is 14.3 Å². The Kier molecular flexibility index (Phi) is 5.65. The highest BCUT2D eigenvalue weighted by atomic mass is 35.5. The van der Waals surface area contributed by atoms with Crippen LogP contribution in [0.5, 0.6) is 0 Å². The predicted octanol–water partition coefficient (Wildman–Crippen LogP) is 4.65. The van der Waals surface area contributed by atoms with Gasteiger partial charge in [0, 0.05) is 12.4 Å². The van der Waals surface area contributed by atoms with Crippen molar-refractivity contribution in [2.75, 3.05) is 11.1 Å². The molecule has 0 amide bonds. The number of benzene rings is 2. The van der Waals surface area contributed by atoms with Gasteiger partial charge in [-0.25, -0.2) is 9.97 Å². The molecule has 0 saturated heterocycles. The maximum atomic E-state index is 13.6. The third kappa shape index (κ3) is 3.95. The number of hydrogen-bond donors (Lipinski definition) is 2. The molecule has 0 saturated carbocycles. The molecule has 0 aliphatic heterocycles. The van der Waals surface area contributed by atoms with E-state index < -0.39 is 6.04 Å². The van der Waals surface area contributed by atoms with Crippen molar-refractivity contribution in [2.24, 2.45) is 0 Å². The van der Waals surface area contributed by atoms with Crippen LogP contribution in [0.1, 0.15) is 18.8 Å². The number of halogens is 1. The van der Waals surface area contributed by atoms with Crippen molar-refractivity contribution < 1.29 is 0 Å². The van der Waals surface area contributed by atoms with E-state index in [0.29, 0.717) is 44.5 Å². The minimum atomic E-state index is -0.437. The van der Waals surface area contributed by atoms with Crippen LogP contribution in [0.2, 0.25) is 5.02 Å². The first kappa shape index (κ1) is 21.5. The van der Waals surface area contributed by atoms with Crippen molar-refractivity contribution in [1.29, 1.82) is 0 Å². The fourth-order valence-corrected chi connectivity index (χ4v) is 4.06. The van der Waals surface area contributed by atoms with E-state index in [1.807, 2.05) is 55.5 Å². The molecule has 1 atom stereocenters. The summed E-state index contributed by atoms with van der Waals surface area (Å²) in [6.45, 7) is 1.90. The molecule has 168 valence electrons. The number of hydrogen-bond acceptors (Lipinski definition) is 7. The van der Waals surface area contributed by atoms with Crippen molar-refractivity contribution in [1.82, 2.24) is 24.5 Å². The highest BCUT2D eigenvalue weighted by Gasteiger charge is 2.21. The van der Waals surface area contributed by atoms with Crippen LogP contribution in [0.3, 0.4) is 0 Å². The molecular weight excluding hydrogens is 450 g/mol. The molecule has 8 nitrogen and oxygen atoms in total. The van der Waals surface area contributed by atoms with Gasteiger partial charge in [-0.1, -0.05) is 41.9 Å². The van der Waals surface area contributed by atoms with E-state index in [0.717, 1.165) is 0 Å². The lowest BCUT2D eigenvalue weighted by molar-refractivity contribution is 0.731.